The number of aryl methyl sites for hydroxylation is 1. The van der Waals surface area contributed by atoms with Gasteiger partial charge >= 0.3 is 5.97 Å². The maximum atomic E-state index is 14.0. The van der Waals surface area contributed by atoms with E-state index in [9.17, 15) is 9.59 Å². The summed E-state index contributed by atoms with van der Waals surface area (Å²) in [4.78, 5) is 33.6. The van der Waals surface area contributed by atoms with Crippen LogP contribution in [0.3, 0.4) is 0 Å². The topological polar surface area (TPSA) is 69.9 Å². The van der Waals surface area contributed by atoms with E-state index in [2.05, 4.69) is 19.9 Å². The van der Waals surface area contributed by atoms with E-state index in [-0.39, 0.29) is 17.6 Å². The number of nitrogens with zero attached hydrogens (tertiary/aromatic N) is 2. The number of benzene rings is 2. The lowest BCUT2D eigenvalue weighted by atomic mass is 9.95. The minimum atomic E-state index is -0.626. The number of rotatable bonds is 7. The van der Waals surface area contributed by atoms with Crippen molar-refractivity contribution >= 4 is 35.1 Å². The highest BCUT2D eigenvalue weighted by atomic mass is 32.2. The molecule has 2 aromatic carbocycles. The number of thioether (sulfide) groups is 1. The molecule has 1 aliphatic rings. The Hall–Kier alpha value is -3.10. The highest BCUT2D eigenvalue weighted by Crippen LogP contribution is 2.32. The third kappa shape index (κ3) is 5.38. The van der Waals surface area contributed by atoms with Crippen LogP contribution >= 0.6 is 23.1 Å². The number of aromatic nitrogens is 1. The molecule has 3 aromatic rings. The largest absolute Gasteiger partial charge is 0.496 e. The van der Waals surface area contributed by atoms with Crippen LogP contribution in [-0.4, -0.2) is 30.0 Å². The SMILES string of the molecule is COc1cc(C)c(/C=c2\sc3n(c2=O)[C@@H](c2ccc(SC)cc2)C(C(=O)OC(C)C)=C(C)N=3)cc1C(C)C. The van der Waals surface area contributed by atoms with E-state index >= 15 is 0 Å². The van der Waals surface area contributed by atoms with Crippen molar-refractivity contribution in [3.8, 4) is 5.75 Å². The normalized spacial score (nSPS) is 15.6. The number of fused-ring (bicyclic) bond motifs is 1. The molecular formula is C30H34N2O4S2. The van der Waals surface area contributed by atoms with E-state index in [1.807, 2.05) is 63.4 Å². The minimum Gasteiger partial charge on any atom is -0.496 e. The van der Waals surface area contributed by atoms with Crippen molar-refractivity contribution in [2.75, 3.05) is 13.4 Å². The van der Waals surface area contributed by atoms with Crippen LogP contribution in [0.1, 0.15) is 68.8 Å². The molecule has 0 N–H and O–H groups in total. The summed E-state index contributed by atoms with van der Waals surface area (Å²) in [5, 5.41) is 0. The van der Waals surface area contributed by atoms with E-state index in [1.54, 1.807) is 30.4 Å². The molecule has 2 heterocycles. The van der Waals surface area contributed by atoms with E-state index in [0.717, 1.165) is 32.9 Å². The predicted octanol–water partition coefficient (Wildman–Crippen LogP) is 5.35. The van der Waals surface area contributed by atoms with Crippen LogP contribution in [-0.2, 0) is 9.53 Å². The molecule has 0 amide bonds. The summed E-state index contributed by atoms with van der Waals surface area (Å²) >= 11 is 2.97. The first-order valence-corrected chi connectivity index (χ1v) is 14.7. The van der Waals surface area contributed by atoms with Gasteiger partial charge in [0.05, 0.1) is 35.1 Å². The molecule has 0 unspecified atom stereocenters. The number of esters is 1. The molecule has 200 valence electrons. The Labute approximate surface area is 231 Å². The number of methoxy groups -OCH3 is 1. The van der Waals surface area contributed by atoms with Gasteiger partial charge in [0, 0.05) is 4.90 Å². The summed E-state index contributed by atoms with van der Waals surface area (Å²) in [5.41, 5.74) is 4.65. The van der Waals surface area contributed by atoms with Crippen molar-refractivity contribution in [3.63, 3.8) is 0 Å². The van der Waals surface area contributed by atoms with Gasteiger partial charge in [0.25, 0.3) is 5.56 Å². The monoisotopic (exact) mass is 550 g/mol. The second kappa shape index (κ2) is 11.3. The van der Waals surface area contributed by atoms with Crippen molar-refractivity contribution in [3.05, 3.63) is 89.6 Å². The maximum absolute atomic E-state index is 14.0. The molecule has 4 rings (SSSR count). The molecule has 0 fully saturated rings. The second-order valence-corrected chi connectivity index (χ2v) is 11.8. The highest BCUT2D eigenvalue weighted by molar-refractivity contribution is 7.98. The number of carbonyl (C=O) groups is 1. The van der Waals surface area contributed by atoms with Gasteiger partial charge in [-0.3, -0.25) is 9.36 Å². The van der Waals surface area contributed by atoms with Crippen molar-refractivity contribution in [1.82, 2.24) is 4.57 Å². The fourth-order valence-electron chi connectivity index (χ4n) is 4.60. The number of hydrogen-bond acceptors (Lipinski definition) is 7. The fourth-order valence-corrected chi connectivity index (χ4v) is 6.05. The quantitative estimate of drug-likeness (QED) is 0.293. The maximum Gasteiger partial charge on any atom is 0.338 e. The summed E-state index contributed by atoms with van der Waals surface area (Å²) < 4.78 is 13.4. The molecule has 6 nitrogen and oxygen atoms in total. The van der Waals surface area contributed by atoms with Gasteiger partial charge < -0.3 is 9.47 Å². The summed E-state index contributed by atoms with van der Waals surface area (Å²) in [6, 6.07) is 11.4. The van der Waals surface area contributed by atoms with E-state index < -0.39 is 12.0 Å². The summed E-state index contributed by atoms with van der Waals surface area (Å²) in [6.45, 7) is 11.7. The minimum absolute atomic E-state index is 0.184. The zero-order chi connectivity index (χ0) is 27.7. The Morgan fingerprint density at radius 3 is 2.39 bits per heavy atom. The Kier molecular flexibility index (Phi) is 8.33. The Morgan fingerprint density at radius 1 is 1.13 bits per heavy atom. The molecule has 0 radical (unpaired) electrons. The van der Waals surface area contributed by atoms with Crippen LogP contribution in [0, 0.1) is 6.92 Å². The van der Waals surface area contributed by atoms with E-state index in [4.69, 9.17) is 14.5 Å². The van der Waals surface area contributed by atoms with Crippen molar-refractivity contribution in [2.24, 2.45) is 4.99 Å². The van der Waals surface area contributed by atoms with Gasteiger partial charge in [0.2, 0.25) is 0 Å². The first-order valence-electron chi connectivity index (χ1n) is 12.6. The number of hydrogen-bond donors (Lipinski definition) is 0. The third-order valence-corrected chi connectivity index (χ3v) is 8.27. The van der Waals surface area contributed by atoms with Gasteiger partial charge in [-0.1, -0.05) is 37.3 Å². The molecule has 8 heteroatoms. The number of allylic oxidation sites excluding steroid dienone is 1. The van der Waals surface area contributed by atoms with Crippen LogP contribution in [0.2, 0.25) is 0 Å². The molecule has 0 spiro atoms. The van der Waals surface area contributed by atoms with Crippen molar-refractivity contribution < 1.29 is 14.3 Å². The zero-order valence-corrected chi connectivity index (χ0v) is 24.8. The lowest BCUT2D eigenvalue weighted by molar-refractivity contribution is -0.143. The Morgan fingerprint density at radius 2 is 1.82 bits per heavy atom. The third-order valence-electron chi connectivity index (χ3n) is 6.54. The molecule has 0 saturated heterocycles. The number of ether oxygens (including phenoxy) is 2. The standard InChI is InChI=1S/C30H34N2O4S2/c1-16(2)23-14-21(18(5)13-24(23)35-7)15-25-28(33)32-27(20-9-11-22(37-8)12-10-20)26(29(34)36-17(3)4)19(6)31-30(32)38-25/h9-17,27H,1-8H3/b25-15-/t27-/m0/s1. The highest BCUT2D eigenvalue weighted by Gasteiger charge is 2.33. The van der Waals surface area contributed by atoms with Gasteiger partial charge in [-0.15, -0.1) is 11.8 Å². The lowest BCUT2D eigenvalue weighted by Gasteiger charge is -2.25. The van der Waals surface area contributed by atoms with Gasteiger partial charge in [0.15, 0.2) is 4.80 Å². The molecule has 0 aliphatic carbocycles. The first kappa shape index (κ1) is 27.9. The second-order valence-electron chi connectivity index (χ2n) is 9.91. The molecule has 1 atom stereocenters. The Bertz CT molecular complexity index is 1580. The van der Waals surface area contributed by atoms with Crippen LogP contribution in [0.25, 0.3) is 6.08 Å². The van der Waals surface area contributed by atoms with Gasteiger partial charge in [-0.2, -0.15) is 0 Å². The van der Waals surface area contributed by atoms with E-state index in [1.165, 1.54) is 11.3 Å². The molecule has 38 heavy (non-hydrogen) atoms. The smallest absolute Gasteiger partial charge is 0.338 e. The summed E-state index contributed by atoms with van der Waals surface area (Å²) in [7, 11) is 1.67. The molecule has 1 aromatic heterocycles. The zero-order valence-electron chi connectivity index (χ0n) is 23.1. The predicted molar refractivity (Wildman–Crippen MR) is 155 cm³/mol. The van der Waals surface area contributed by atoms with Crippen LogP contribution in [0.5, 0.6) is 5.75 Å². The molecule has 0 saturated carbocycles. The van der Waals surface area contributed by atoms with Gasteiger partial charge in [-0.05, 0) is 92.5 Å². The number of thiazole rings is 1. The Balaban J connectivity index is 1.94. The van der Waals surface area contributed by atoms with Gasteiger partial charge in [-0.25, -0.2) is 9.79 Å². The summed E-state index contributed by atoms with van der Waals surface area (Å²) in [5.74, 6) is 0.649. The van der Waals surface area contributed by atoms with Crippen molar-refractivity contribution in [2.45, 2.75) is 64.5 Å². The lowest BCUT2D eigenvalue weighted by Crippen LogP contribution is -2.40. The molecular weight excluding hydrogens is 516 g/mol. The van der Waals surface area contributed by atoms with E-state index in [0.29, 0.717) is 20.6 Å². The van der Waals surface area contributed by atoms with Crippen LogP contribution < -0.4 is 19.6 Å². The first-order chi connectivity index (χ1) is 18.0. The molecule has 1 aliphatic heterocycles. The van der Waals surface area contributed by atoms with Gasteiger partial charge in [0.1, 0.15) is 5.75 Å². The van der Waals surface area contributed by atoms with Crippen LogP contribution in [0.15, 0.2) is 62.4 Å². The fraction of sp³-hybridized carbons (Fsp3) is 0.367. The average molecular weight is 551 g/mol. The average Bonchev–Trinajstić information content (AvgIpc) is 3.17. The van der Waals surface area contributed by atoms with Crippen molar-refractivity contribution in [1.29, 1.82) is 0 Å². The number of carbonyl (C=O) groups excluding carboxylic acids is 1. The summed E-state index contributed by atoms with van der Waals surface area (Å²) in [6.07, 6.45) is 3.64. The van der Waals surface area contributed by atoms with Crippen LogP contribution in [0.4, 0.5) is 0 Å². The molecule has 0 bridgehead atoms.